The Labute approximate surface area is 89.6 Å². The van der Waals surface area contributed by atoms with E-state index in [1.54, 1.807) is 0 Å². The van der Waals surface area contributed by atoms with Gasteiger partial charge in [-0.3, -0.25) is 0 Å². The number of benzene rings is 1. The highest BCUT2D eigenvalue weighted by atomic mass is 19.1. The Kier molecular flexibility index (Phi) is 2.47. The van der Waals surface area contributed by atoms with Gasteiger partial charge in [-0.05, 0) is 0 Å². The van der Waals surface area contributed by atoms with Crippen molar-refractivity contribution >= 4 is 5.82 Å². The number of ether oxygens (including phenoxy) is 1. The molecule has 1 aromatic heterocycles. The van der Waals surface area contributed by atoms with E-state index < -0.39 is 11.6 Å². The van der Waals surface area contributed by atoms with E-state index in [4.69, 9.17) is 15.0 Å². The second-order valence-electron chi connectivity index (χ2n) is 3.08. The van der Waals surface area contributed by atoms with Crippen molar-refractivity contribution in [2.75, 3.05) is 12.8 Å². The molecule has 0 saturated carbocycles. The van der Waals surface area contributed by atoms with E-state index in [-0.39, 0.29) is 22.9 Å². The topological polar surface area (TPSA) is 61.3 Å². The Morgan fingerprint density at radius 2 is 2.06 bits per heavy atom. The molecule has 4 nitrogen and oxygen atoms in total. The van der Waals surface area contributed by atoms with Gasteiger partial charge in [-0.1, -0.05) is 5.16 Å². The van der Waals surface area contributed by atoms with Gasteiger partial charge in [0.25, 0.3) is 0 Å². The molecule has 0 fully saturated rings. The number of anilines is 1. The molecule has 0 spiro atoms. The molecule has 0 amide bonds. The van der Waals surface area contributed by atoms with Crippen LogP contribution in [0, 0.1) is 11.6 Å². The summed E-state index contributed by atoms with van der Waals surface area (Å²) < 4.78 is 36.1. The van der Waals surface area contributed by atoms with Crippen LogP contribution in [-0.4, -0.2) is 12.3 Å². The maximum Gasteiger partial charge on any atom is 0.175 e. The summed E-state index contributed by atoms with van der Waals surface area (Å²) in [6.07, 6.45) is 0. The van der Waals surface area contributed by atoms with E-state index in [1.165, 1.54) is 13.2 Å². The number of hydrogen-bond acceptors (Lipinski definition) is 4. The van der Waals surface area contributed by atoms with Crippen molar-refractivity contribution in [3.63, 3.8) is 0 Å². The first-order chi connectivity index (χ1) is 7.61. The van der Waals surface area contributed by atoms with Gasteiger partial charge in [0.15, 0.2) is 11.6 Å². The number of aromatic nitrogens is 1. The zero-order valence-electron chi connectivity index (χ0n) is 8.33. The van der Waals surface area contributed by atoms with Crippen LogP contribution >= 0.6 is 0 Å². The Morgan fingerprint density at radius 1 is 1.31 bits per heavy atom. The standard InChI is InChI=1S/C10H8F2N2O2/c1-15-7-3-5(11)2-6(12)10(7)8-4-9(13)14-16-8/h2-4H,1H3,(H2,13,14). The predicted molar refractivity (Wildman–Crippen MR) is 52.8 cm³/mol. The molecule has 0 bridgehead atoms. The molecule has 84 valence electrons. The average molecular weight is 226 g/mol. The largest absolute Gasteiger partial charge is 0.496 e. The van der Waals surface area contributed by atoms with Crippen LogP contribution in [0.25, 0.3) is 11.3 Å². The van der Waals surface area contributed by atoms with Gasteiger partial charge < -0.3 is 15.0 Å². The van der Waals surface area contributed by atoms with Gasteiger partial charge in [-0.15, -0.1) is 0 Å². The van der Waals surface area contributed by atoms with Crippen molar-refractivity contribution in [3.05, 3.63) is 29.8 Å². The molecule has 1 aromatic carbocycles. The quantitative estimate of drug-likeness (QED) is 0.852. The SMILES string of the molecule is COc1cc(F)cc(F)c1-c1cc(N)no1. The van der Waals surface area contributed by atoms with Gasteiger partial charge in [0, 0.05) is 18.2 Å². The highest BCUT2D eigenvalue weighted by molar-refractivity contribution is 5.68. The Balaban J connectivity index is 2.63. The first-order valence-corrected chi connectivity index (χ1v) is 4.37. The van der Waals surface area contributed by atoms with E-state index in [0.717, 1.165) is 12.1 Å². The Hall–Kier alpha value is -2.11. The van der Waals surface area contributed by atoms with Crippen molar-refractivity contribution in [3.8, 4) is 17.1 Å². The fourth-order valence-corrected chi connectivity index (χ4v) is 1.36. The third kappa shape index (κ3) is 1.69. The fourth-order valence-electron chi connectivity index (χ4n) is 1.36. The van der Waals surface area contributed by atoms with Gasteiger partial charge in [-0.25, -0.2) is 8.78 Å². The predicted octanol–water partition coefficient (Wildman–Crippen LogP) is 2.21. The summed E-state index contributed by atoms with van der Waals surface area (Å²) in [5, 5.41) is 3.42. The molecule has 2 aromatic rings. The van der Waals surface area contributed by atoms with E-state index in [9.17, 15) is 8.78 Å². The number of nitrogens with zero attached hydrogens (tertiary/aromatic N) is 1. The molecule has 16 heavy (non-hydrogen) atoms. The fraction of sp³-hybridized carbons (Fsp3) is 0.100. The molecule has 6 heteroatoms. The third-order valence-electron chi connectivity index (χ3n) is 2.01. The maximum absolute atomic E-state index is 13.5. The Morgan fingerprint density at radius 3 is 2.62 bits per heavy atom. The Bertz CT molecular complexity index is 526. The molecule has 2 rings (SSSR count). The molecule has 0 unspecified atom stereocenters. The van der Waals surface area contributed by atoms with Crippen molar-refractivity contribution < 1.29 is 18.0 Å². The summed E-state index contributed by atoms with van der Waals surface area (Å²) in [5.74, 6) is -1.31. The number of methoxy groups -OCH3 is 1. The van der Waals surface area contributed by atoms with Crippen LogP contribution in [-0.2, 0) is 0 Å². The third-order valence-corrected chi connectivity index (χ3v) is 2.01. The first kappa shape index (κ1) is 10.4. The summed E-state index contributed by atoms with van der Waals surface area (Å²) in [5.41, 5.74) is 5.34. The minimum atomic E-state index is -0.798. The normalized spacial score (nSPS) is 10.4. The minimum absolute atomic E-state index is 0.00639. The van der Waals surface area contributed by atoms with Crippen LogP contribution in [0.2, 0.25) is 0 Å². The molecule has 0 radical (unpaired) electrons. The van der Waals surface area contributed by atoms with Gasteiger partial charge in [0.2, 0.25) is 0 Å². The number of hydrogen-bond donors (Lipinski definition) is 1. The number of nitrogens with two attached hydrogens (primary N) is 1. The summed E-state index contributed by atoms with van der Waals surface area (Å²) in [6, 6.07) is 3.12. The monoisotopic (exact) mass is 226 g/mol. The second kappa shape index (κ2) is 3.80. The first-order valence-electron chi connectivity index (χ1n) is 4.37. The van der Waals surface area contributed by atoms with Crippen LogP contribution in [0.3, 0.4) is 0 Å². The summed E-state index contributed by atoms with van der Waals surface area (Å²) >= 11 is 0. The lowest BCUT2D eigenvalue weighted by molar-refractivity contribution is 0.398. The zero-order chi connectivity index (χ0) is 11.7. The molecular formula is C10H8F2N2O2. The van der Waals surface area contributed by atoms with Gasteiger partial charge in [-0.2, -0.15) is 0 Å². The zero-order valence-corrected chi connectivity index (χ0v) is 8.33. The number of rotatable bonds is 2. The smallest absolute Gasteiger partial charge is 0.175 e. The van der Waals surface area contributed by atoms with Gasteiger partial charge in [0.1, 0.15) is 17.4 Å². The molecule has 1 heterocycles. The van der Waals surface area contributed by atoms with Gasteiger partial charge >= 0.3 is 0 Å². The minimum Gasteiger partial charge on any atom is -0.496 e. The summed E-state index contributed by atoms with van der Waals surface area (Å²) in [4.78, 5) is 0. The van der Waals surface area contributed by atoms with E-state index in [0.29, 0.717) is 0 Å². The average Bonchev–Trinajstić information content (AvgIpc) is 2.63. The second-order valence-corrected chi connectivity index (χ2v) is 3.08. The van der Waals surface area contributed by atoms with Gasteiger partial charge in [0.05, 0.1) is 12.7 Å². The highest BCUT2D eigenvalue weighted by Gasteiger charge is 2.17. The van der Waals surface area contributed by atoms with Crippen LogP contribution in [0.1, 0.15) is 0 Å². The van der Waals surface area contributed by atoms with Crippen LogP contribution in [0.4, 0.5) is 14.6 Å². The maximum atomic E-state index is 13.5. The number of nitrogen functional groups attached to an aromatic ring is 1. The molecule has 0 aliphatic carbocycles. The molecule has 0 aliphatic heterocycles. The number of halogens is 2. The molecular weight excluding hydrogens is 218 g/mol. The van der Waals surface area contributed by atoms with E-state index in [1.807, 2.05) is 0 Å². The lowest BCUT2D eigenvalue weighted by Crippen LogP contribution is -1.92. The molecule has 2 N–H and O–H groups in total. The van der Waals surface area contributed by atoms with Crippen molar-refractivity contribution in [2.45, 2.75) is 0 Å². The van der Waals surface area contributed by atoms with Crippen LogP contribution in [0.15, 0.2) is 22.7 Å². The molecule has 0 aliphatic rings. The van der Waals surface area contributed by atoms with Crippen LogP contribution in [0.5, 0.6) is 5.75 Å². The van der Waals surface area contributed by atoms with Crippen LogP contribution < -0.4 is 10.5 Å². The van der Waals surface area contributed by atoms with E-state index in [2.05, 4.69) is 5.16 Å². The lowest BCUT2D eigenvalue weighted by Gasteiger charge is -2.06. The summed E-state index contributed by atoms with van der Waals surface area (Å²) in [6.45, 7) is 0. The molecule has 0 saturated heterocycles. The lowest BCUT2D eigenvalue weighted by atomic mass is 10.1. The highest BCUT2D eigenvalue weighted by Crippen LogP contribution is 2.34. The van der Waals surface area contributed by atoms with E-state index >= 15 is 0 Å². The van der Waals surface area contributed by atoms with Crippen molar-refractivity contribution in [2.24, 2.45) is 0 Å². The van der Waals surface area contributed by atoms with Crippen molar-refractivity contribution in [1.29, 1.82) is 0 Å². The van der Waals surface area contributed by atoms with Crippen molar-refractivity contribution in [1.82, 2.24) is 5.16 Å². The molecule has 0 atom stereocenters. The summed E-state index contributed by atoms with van der Waals surface area (Å²) in [7, 11) is 1.30.